The van der Waals surface area contributed by atoms with Crippen LogP contribution in [-0.2, 0) is 0 Å². The number of halogens is 3. The van der Waals surface area contributed by atoms with Crippen molar-refractivity contribution in [1.29, 1.82) is 0 Å². The summed E-state index contributed by atoms with van der Waals surface area (Å²) in [5.41, 5.74) is -0.735. The fraction of sp³-hybridized carbons (Fsp3) is 0.0625. The van der Waals surface area contributed by atoms with Crippen LogP contribution in [0.5, 0.6) is 0 Å². The van der Waals surface area contributed by atoms with E-state index in [9.17, 15) is 18.0 Å². The van der Waals surface area contributed by atoms with E-state index in [0.29, 0.717) is 6.08 Å². The van der Waals surface area contributed by atoms with Gasteiger partial charge >= 0.3 is 6.18 Å². The van der Waals surface area contributed by atoms with Crippen LogP contribution in [0, 0.1) is 0 Å². The molecule has 0 amide bonds. The number of benzene rings is 2. The summed E-state index contributed by atoms with van der Waals surface area (Å²) in [5, 5.41) is 0. The summed E-state index contributed by atoms with van der Waals surface area (Å²) in [5.74, 6) is -0.665. The monoisotopic (exact) mass is 276 g/mol. The summed E-state index contributed by atoms with van der Waals surface area (Å²) >= 11 is 0. The molecule has 20 heavy (non-hydrogen) atoms. The summed E-state index contributed by atoms with van der Waals surface area (Å²) in [6, 6.07) is 15.2. The largest absolute Gasteiger partial charge is 0.417 e. The Bertz CT molecular complexity index is 613. The lowest BCUT2D eigenvalue weighted by Gasteiger charge is -2.11. The van der Waals surface area contributed by atoms with Crippen LogP contribution in [-0.4, -0.2) is 12.0 Å². The average Bonchev–Trinajstić information content (AvgIpc) is 2.45. The molecular formula is C16H11F3O. The van der Waals surface area contributed by atoms with Crippen molar-refractivity contribution in [1.82, 2.24) is 0 Å². The Morgan fingerprint density at radius 2 is 1.25 bits per heavy atom. The molecule has 102 valence electrons. The van der Waals surface area contributed by atoms with Crippen molar-refractivity contribution in [3.05, 3.63) is 77.9 Å². The molecule has 0 saturated carbocycles. The summed E-state index contributed by atoms with van der Waals surface area (Å²) in [6.45, 7) is 0. The minimum atomic E-state index is -4.58. The van der Waals surface area contributed by atoms with Crippen LogP contribution in [0.1, 0.15) is 15.9 Å². The first kappa shape index (κ1) is 14.1. The molecule has 0 saturated heterocycles. The molecule has 0 atom stereocenters. The van der Waals surface area contributed by atoms with Crippen molar-refractivity contribution in [2.24, 2.45) is 0 Å². The van der Waals surface area contributed by atoms with Gasteiger partial charge in [0.2, 0.25) is 0 Å². The highest BCUT2D eigenvalue weighted by Gasteiger charge is 2.35. The molecule has 2 aromatic rings. The molecule has 2 rings (SSSR count). The number of hydrogen-bond acceptors (Lipinski definition) is 1. The zero-order chi connectivity index (χ0) is 14.6. The first-order valence-corrected chi connectivity index (χ1v) is 5.92. The number of allylic oxidation sites excluding steroid dienone is 2. The molecule has 4 heteroatoms. The quantitative estimate of drug-likeness (QED) is 0.595. The van der Waals surface area contributed by atoms with Gasteiger partial charge < -0.3 is 0 Å². The van der Waals surface area contributed by atoms with Gasteiger partial charge in [0.25, 0.3) is 0 Å². The first-order valence-electron chi connectivity index (χ1n) is 5.92. The van der Waals surface area contributed by atoms with E-state index < -0.39 is 17.5 Å². The zero-order valence-corrected chi connectivity index (χ0v) is 10.4. The Balaban J connectivity index is 2.43. The average molecular weight is 276 g/mol. The lowest BCUT2D eigenvalue weighted by atomic mass is 10.0. The van der Waals surface area contributed by atoms with Crippen molar-refractivity contribution in [3.8, 4) is 0 Å². The smallest absolute Gasteiger partial charge is 0.289 e. The minimum absolute atomic E-state index is 0.0238. The number of ketones is 1. The standard InChI is InChI=1S/C16H11F3O/c17-16(18,19)14(12-7-3-1-4-8-12)11-15(20)13-9-5-2-6-10-13/h1-11H. The van der Waals surface area contributed by atoms with Crippen molar-refractivity contribution >= 4 is 11.4 Å². The molecule has 0 N–H and O–H groups in total. The molecule has 2 aromatic carbocycles. The predicted octanol–water partition coefficient (Wildman–Crippen LogP) is 4.52. The van der Waals surface area contributed by atoms with E-state index in [1.807, 2.05) is 0 Å². The number of hydrogen-bond donors (Lipinski definition) is 0. The first-order chi connectivity index (χ1) is 9.48. The minimum Gasteiger partial charge on any atom is -0.289 e. The molecule has 0 bridgehead atoms. The van der Waals surface area contributed by atoms with E-state index in [2.05, 4.69) is 0 Å². The number of carbonyl (C=O) groups is 1. The Hall–Kier alpha value is -2.36. The summed E-state index contributed by atoms with van der Waals surface area (Å²) in [6.07, 6.45) is -3.93. The highest BCUT2D eigenvalue weighted by Crippen LogP contribution is 2.33. The van der Waals surface area contributed by atoms with Crippen LogP contribution < -0.4 is 0 Å². The van der Waals surface area contributed by atoms with Crippen molar-refractivity contribution in [3.63, 3.8) is 0 Å². The molecule has 0 fully saturated rings. The summed E-state index contributed by atoms with van der Waals surface area (Å²) in [7, 11) is 0. The lowest BCUT2D eigenvalue weighted by molar-refractivity contribution is -0.0689. The molecule has 0 aromatic heterocycles. The molecule has 0 radical (unpaired) electrons. The van der Waals surface area contributed by atoms with Crippen molar-refractivity contribution in [2.75, 3.05) is 0 Å². The van der Waals surface area contributed by atoms with Gasteiger partial charge in [0.15, 0.2) is 5.78 Å². The molecule has 0 heterocycles. The Morgan fingerprint density at radius 3 is 1.70 bits per heavy atom. The maximum Gasteiger partial charge on any atom is 0.417 e. The van der Waals surface area contributed by atoms with E-state index in [1.165, 1.54) is 36.4 Å². The molecular weight excluding hydrogens is 265 g/mol. The second-order valence-corrected chi connectivity index (χ2v) is 4.15. The van der Waals surface area contributed by atoms with Crippen LogP contribution in [0.15, 0.2) is 66.7 Å². The second kappa shape index (κ2) is 5.74. The van der Waals surface area contributed by atoms with Gasteiger partial charge in [-0.3, -0.25) is 4.79 Å². The van der Waals surface area contributed by atoms with E-state index in [-0.39, 0.29) is 11.1 Å². The van der Waals surface area contributed by atoms with Gasteiger partial charge in [-0.25, -0.2) is 0 Å². The molecule has 1 nitrogen and oxygen atoms in total. The van der Waals surface area contributed by atoms with Crippen LogP contribution in [0.2, 0.25) is 0 Å². The Morgan fingerprint density at radius 1 is 0.800 bits per heavy atom. The van der Waals surface area contributed by atoms with E-state index in [0.717, 1.165) is 0 Å². The number of alkyl halides is 3. The fourth-order valence-corrected chi connectivity index (χ4v) is 1.76. The van der Waals surface area contributed by atoms with Crippen LogP contribution in [0.25, 0.3) is 5.57 Å². The number of carbonyl (C=O) groups excluding carboxylic acids is 1. The van der Waals surface area contributed by atoms with Gasteiger partial charge in [-0.2, -0.15) is 13.2 Å². The third-order valence-corrected chi connectivity index (χ3v) is 2.72. The molecule has 0 spiro atoms. The predicted molar refractivity (Wildman–Crippen MR) is 71.2 cm³/mol. The zero-order valence-electron chi connectivity index (χ0n) is 10.4. The van der Waals surface area contributed by atoms with Crippen molar-refractivity contribution < 1.29 is 18.0 Å². The second-order valence-electron chi connectivity index (χ2n) is 4.15. The van der Waals surface area contributed by atoms with Crippen molar-refractivity contribution in [2.45, 2.75) is 6.18 Å². The highest BCUT2D eigenvalue weighted by atomic mass is 19.4. The third kappa shape index (κ3) is 3.35. The van der Waals surface area contributed by atoms with Gasteiger partial charge in [-0.15, -0.1) is 0 Å². The maximum atomic E-state index is 13.1. The maximum absolute atomic E-state index is 13.1. The van der Waals surface area contributed by atoms with Gasteiger partial charge in [-0.1, -0.05) is 60.7 Å². The van der Waals surface area contributed by atoms with E-state index in [4.69, 9.17) is 0 Å². The fourth-order valence-electron chi connectivity index (χ4n) is 1.76. The third-order valence-electron chi connectivity index (χ3n) is 2.72. The van der Waals surface area contributed by atoms with Gasteiger partial charge in [0.1, 0.15) is 0 Å². The Labute approximate surface area is 114 Å². The molecule has 0 aliphatic rings. The van der Waals surface area contributed by atoms with E-state index in [1.54, 1.807) is 24.3 Å². The molecule has 0 aliphatic heterocycles. The topological polar surface area (TPSA) is 17.1 Å². The van der Waals surface area contributed by atoms with Crippen LogP contribution in [0.3, 0.4) is 0 Å². The van der Waals surface area contributed by atoms with Crippen LogP contribution >= 0.6 is 0 Å². The Kier molecular flexibility index (Phi) is 4.03. The number of rotatable bonds is 3. The lowest BCUT2D eigenvalue weighted by Crippen LogP contribution is -2.12. The van der Waals surface area contributed by atoms with Crippen LogP contribution in [0.4, 0.5) is 13.2 Å². The van der Waals surface area contributed by atoms with Gasteiger partial charge in [0, 0.05) is 5.56 Å². The normalized spacial score (nSPS) is 12.2. The summed E-state index contributed by atoms with van der Waals surface area (Å²) < 4.78 is 39.2. The highest BCUT2D eigenvalue weighted by molar-refractivity contribution is 6.09. The summed E-state index contributed by atoms with van der Waals surface area (Å²) in [4.78, 5) is 11.9. The molecule has 0 unspecified atom stereocenters. The van der Waals surface area contributed by atoms with Gasteiger partial charge in [-0.05, 0) is 11.6 Å². The molecule has 0 aliphatic carbocycles. The SMILES string of the molecule is O=C(C=C(c1ccccc1)C(F)(F)F)c1ccccc1. The van der Waals surface area contributed by atoms with Gasteiger partial charge in [0.05, 0.1) is 5.57 Å². The van der Waals surface area contributed by atoms with E-state index >= 15 is 0 Å².